The summed E-state index contributed by atoms with van der Waals surface area (Å²) in [5, 5.41) is 10.1. The number of rotatable bonds is 9. The third-order valence-electron chi connectivity index (χ3n) is 4.18. The summed E-state index contributed by atoms with van der Waals surface area (Å²) in [6, 6.07) is 15.9. The molecule has 0 amide bonds. The Hall–Kier alpha value is -1.89. The lowest BCUT2D eigenvalue weighted by Crippen LogP contribution is -2.36. The lowest BCUT2D eigenvalue weighted by atomic mass is 10.1. The SMILES string of the molecule is CC(C)OCCS(=O)(=O)N(Cc1ccccc1O)[C@H](C)c1ccccc1. The second-order valence-electron chi connectivity index (χ2n) is 6.50. The summed E-state index contributed by atoms with van der Waals surface area (Å²) < 4.78 is 32.9. The molecule has 0 aliphatic heterocycles. The van der Waals surface area contributed by atoms with Gasteiger partial charge in [0.2, 0.25) is 10.0 Å². The van der Waals surface area contributed by atoms with Gasteiger partial charge in [-0.1, -0.05) is 48.5 Å². The summed E-state index contributed by atoms with van der Waals surface area (Å²) in [6.45, 7) is 5.85. The molecule has 1 atom stereocenters. The number of aromatic hydroxyl groups is 1. The van der Waals surface area contributed by atoms with Gasteiger partial charge in [-0.05, 0) is 32.4 Å². The standard InChI is InChI=1S/C20H27NO4S/c1-16(2)25-13-14-26(23,24)21(15-19-11-7-8-12-20(19)22)17(3)18-9-5-4-6-10-18/h4-12,16-17,22H,13-15H2,1-3H3/t17-/m1/s1. The number of hydrogen-bond acceptors (Lipinski definition) is 4. The first-order chi connectivity index (χ1) is 12.3. The number of para-hydroxylation sites is 1. The van der Waals surface area contributed by atoms with Crippen LogP contribution in [0.2, 0.25) is 0 Å². The second kappa shape index (κ2) is 9.16. The molecule has 0 radical (unpaired) electrons. The summed E-state index contributed by atoms with van der Waals surface area (Å²) in [5.41, 5.74) is 1.47. The van der Waals surface area contributed by atoms with Gasteiger partial charge in [0.1, 0.15) is 5.75 Å². The molecule has 0 saturated heterocycles. The maximum absolute atomic E-state index is 13.0. The number of sulfonamides is 1. The number of phenolic OH excluding ortho intramolecular Hbond substituents is 1. The fourth-order valence-corrected chi connectivity index (χ4v) is 4.17. The van der Waals surface area contributed by atoms with E-state index in [9.17, 15) is 13.5 Å². The number of nitrogens with zero attached hydrogens (tertiary/aromatic N) is 1. The van der Waals surface area contributed by atoms with Crippen LogP contribution in [0.3, 0.4) is 0 Å². The van der Waals surface area contributed by atoms with Crippen LogP contribution in [0.15, 0.2) is 54.6 Å². The van der Waals surface area contributed by atoms with Crippen molar-refractivity contribution in [2.24, 2.45) is 0 Å². The van der Waals surface area contributed by atoms with E-state index < -0.39 is 10.0 Å². The lowest BCUT2D eigenvalue weighted by molar-refractivity contribution is 0.0904. The summed E-state index contributed by atoms with van der Waals surface area (Å²) in [7, 11) is -3.58. The van der Waals surface area contributed by atoms with Crippen LogP contribution < -0.4 is 0 Å². The van der Waals surface area contributed by atoms with E-state index in [0.717, 1.165) is 5.56 Å². The lowest BCUT2D eigenvalue weighted by Gasteiger charge is -2.29. The molecular formula is C20H27NO4S. The molecule has 2 aromatic carbocycles. The van der Waals surface area contributed by atoms with Gasteiger partial charge in [-0.2, -0.15) is 4.31 Å². The first-order valence-corrected chi connectivity index (χ1v) is 10.3. The van der Waals surface area contributed by atoms with Crippen molar-refractivity contribution in [3.63, 3.8) is 0 Å². The molecule has 0 aromatic heterocycles. The van der Waals surface area contributed by atoms with Crippen LogP contribution in [0.25, 0.3) is 0 Å². The Balaban J connectivity index is 2.30. The smallest absolute Gasteiger partial charge is 0.217 e. The van der Waals surface area contributed by atoms with Gasteiger partial charge in [-0.25, -0.2) is 8.42 Å². The number of hydrogen-bond donors (Lipinski definition) is 1. The minimum Gasteiger partial charge on any atom is -0.508 e. The predicted molar refractivity (Wildman–Crippen MR) is 103 cm³/mol. The highest BCUT2D eigenvalue weighted by Crippen LogP contribution is 2.28. The Morgan fingerprint density at radius 1 is 1.00 bits per heavy atom. The molecule has 0 saturated carbocycles. The van der Waals surface area contributed by atoms with E-state index in [1.807, 2.05) is 51.1 Å². The molecule has 26 heavy (non-hydrogen) atoms. The van der Waals surface area contributed by atoms with Crippen LogP contribution in [0, 0.1) is 0 Å². The van der Waals surface area contributed by atoms with E-state index >= 15 is 0 Å². The minimum absolute atomic E-state index is 0.0247. The Kier molecular flexibility index (Phi) is 7.20. The molecule has 5 nitrogen and oxygen atoms in total. The highest BCUT2D eigenvalue weighted by Gasteiger charge is 2.29. The Morgan fingerprint density at radius 3 is 2.23 bits per heavy atom. The zero-order valence-corrected chi connectivity index (χ0v) is 16.3. The van der Waals surface area contributed by atoms with Gasteiger partial charge >= 0.3 is 0 Å². The van der Waals surface area contributed by atoms with Gasteiger partial charge in [0, 0.05) is 18.2 Å². The zero-order valence-electron chi connectivity index (χ0n) is 15.5. The normalized spacial score (nSPS) is 13.3. The highest BCUT2D eigenvalue weighted by molar-refractivity contribution is 7.89. The van der Waals surface area contributed by atoms with Crippen molar-refractivity contribution in [2.75, 3.05) is 12.4 Å². The Labute approximate surface area is 156 Å². The van der Waals surface area contributed by atoms with Gasteiger partial charge in [0.25, 0.3) is 0 Å². The molecule has 1 N–H and O–H groups in total. The van der Waals surface area contributed by atoms with E-state index in [2.05, 4.69) is 0 Å². The Morgan fingerprint density at radius 2 is 1.62 bits per heavy atom. The summed E-state index contributed by atoms with van der Waals surface area (Å²) in [6.07, 6.45) is -0.0247. The van der Waals surface area contributed by atoms with Crippen LogP contribution in [-0.2, 0) is 21.3 Å². The number of benzene rings is 2. The maximum atomic E-state index is 13.0. The molecule has 142 valence electrons. The third kappa shape index (κ3) is 5.56. The van der Waals surface area contributed by atoms with E-state index in [1.54, 1.807) is 24.3 Å². The molecule has 0 unspecified atom stereocenters. The summed E-state index contributed by atoms with van der Waals surface area (Å²) in [4.78, 5) is 0. The van der Waals surface area contributed by atoms with Crippen molar-refractivity contribution >= 4 is 10.0 Å². The molecule has 0 fully saturated rings. The predicted octanol–water partition coefficient (Wildman–Crippen LogP) is 3.71. The van der Waals surface area contributed by atoms with Crippen LogP contribution >= 0.6 is 0 Å². The van der Waals surface area contributed by atoms with E-state index in [1.165, 1.54) is 4.31 Å². The molecule has 2 aromatic rings. The average Bonchev–Trinajstić information content (AvgIpc) is 2.60. The molecule has 6 heteroatoms. The van der Waals surface area contributed by atoms with Gasteiger partial charge in [0.15, 0.2) is 0 Å². The monoisotopic (exact) mass is 377 g/mol. The summed E-state index contributed by atoms with van der Waals surface area (Å²) >= 11 is 0. The third-order valence-corrected chi connectivity index (χ3v) is 6.02. The van der Waals surface area contributed by atoms with Crippen molar-refractivity contribution < 1.29 is 18.3 Å². The second-order valence-corrected chi connectivity index (χ2v) is 8.54. The fraction of sp³-hybridized carbons (Fsp3) is 0.400. The molecule has 2 rings (SSSR count). The van der Waals surface area contributed by atoms with Crippen LogP contribution in [0.1, 0.15) is 37.9 Å². The van der Waals surface area contributed by atoms with Crippen LogP contribution in [-0.4, -0.2) is 36.3 Å². The first-order valence-electron chi connectivity index (χ1n) is 8.74. The Bertz CT molecular complexity index is 790. The van der Waals surface area contributed by atoms with Gasteiger partial charge in [-0.15, -0.1) is 0 Å². The molecule has 0 aliphatic rings. The van der Waals surface area contributed by atoms with Gasteiger partial charge in [-0.3, -0.25) is 0 Å². The van der Waals surface area contributed by atoms with Crippen LogP contribution in [0.5, 0.6) is 5.75 Å². The molecule has 0 aliphatic carbocycles. The molecule has 0 spiro atoms. The first kappa shape index (κ1) is 20.4. The van der Waals surface area contributed by atoms with Crippen molar-refractivity contribution in [2.45, 2.75) is 39.5 Å². The number of phenols is 1. The zero-order chi connectivity index (χ0) is 19.2. The van der Waals surface area contributed by atoms with E-state index in [4.69, 9.17) is 4.74 Å². The minimum atomic E-state index is -3.58. The fourth-order valence-electron chi connectivity index (χ4n) is 2.69. The molecule has 0 bridgehead atoms. The van der Waals surface area contributed by atoms with Crippen LogP contribution in [0.4, 0.5) is 0 Å². The largest absolute Gasteiger partial charge is 0.508 e. The maximum Gasteiger partial charge on any atom is 0.217 e. The van der Waals surface area contributed by atoms with E-state index in [0.29, 0.717) is 5.56 Å². The van der Waals surface area contributed by atoms with Gasteiger partial charge < -0.3 is 9.84 Å². The van der Waals surface area contributed by atoms with Gasteiger partial charge in [0.05, 0.1) is 18.5 Å². The van der Waals surface area contributed by atoms with Crippen molar-refractivity contribution in [3.8, 4) is 5.75 Å². The summed E-state index contributed by atoms with van der Waals surface area (Å²) in [5.74, 6) is -0.0120. The van der Waals surface area contributed by atoms with Crippen molar-refractivity contribution in [1.82, 2.24) is 4.31 Å². The quantitative estimate of drug-likeness (QED) is 0.723. The topological polar surface area (TPSA) is 66.8 Å². The molecule has 0 heterocycles. The van der Waals surface area contributed by atoms with E-state index in [-0.39, 0.29) is 36.8 Å². The average molecular weight is 378 g/mol. The molecular weight excluding hydrogens is 350 g/mol. The number of ether oxygens (including phenoxy) is 1. The highest BCUT2D eigenvalue weighted by atomic mass is 32.2. The van der Waals surface area contributed by atoms with Crippen molar-refractivity contribution in [3.05, 3.63) is 65.7 Å². The van der Waals surface area contributed by atoms with Crippen molar-refractivity contribution in [1.29, 1.82) is 0 Å².